The third kappa shape index (κ3) is 5.81. The SMILES string of the molecule is CCCCOC(=O)CCC(O)c1ccc(Cl)cc1Cl. The summed E-state index contributed by atoms with van der Waals surface area (Å²) in [5.74, 6) is -0.294. The van der Waals surface area contributed by atoms with Crippen molar-refractivity contribution in [2.24, 2.45) is 0 Å². The number of unbranched alkanes of at least 4 members (excludes halogenated alkanes) is 1. The Kier molecular flexibility index (Phi) is 7.21. The molecule has 1 aromatic carbocycles. The number of hydrogen-bond acceptors (Lipinski definition) is 3. The molecule has 5 heteroatoms. The van der Waals surface area contributed by atoms with Crippen molar-refractivity contribution in [3.05, 3.63) is 33.8 Å². The van der Waals surface area contributed by atoms with Gasteiger partial charge in [0.1, 0.15) is 0 Å². The molecule has 19 heavy (non-hydrogen) atoms. The number of halogens is 2. The quantitative estimate of drug-likeness (QED) is 0.608. The third-order valence-electron chi connectivity index (χ3n) is 2.70. The first-order valence-electron chi connectivity index (χ1n) is 6.33. The molecule has 0 heterocycles. The Morgan fingerprint density at radius 1 is 1.42 bits per heavy atom. The Balaban J connectivity index is 2.42. The van der Waals surface area contributed by atoms with Gasteiger partial charge < -0.3 is 9.84 Å². The molecule has 0 radical (unpaired) electrons. The number of aliphatic hydroxyl groups excluding tert-OH is 1. The summed E-state index contributed by atoms with van der Waals surface area (Å²) in [4.78, 5) is 11.4. The molecule has 0 aliphatic carbocycles. The fraction of sp³-hybridized carbons (Fsp3) is 0.500. The minimum Gasteiger partial charge on any atom is -0.466 e. The number of rotatable bonds is 7. The first-order chi connectivity index (χ1) is 9.04. The van der Waals surface area contributed by atoms with Crippen LogP contribution in [-0.4, -0.2) is 17.7 Å². The molecule has 1 rings (SSSR count). The number of carbonyl (C=O) groups excluding carboxylic acids is 1. The molecule has 3 nitrogen and oxygen atoms in total. The van der Waals surface area contributed by atoms with Crippen molar-refractivity contribution in [1.82, 2.24) is 0 Å². The van der Waals surface area contributed by atoms with Crippen LogP contribution in [0.25, 0.3) is 0 Å². The lowest BCUT2D eigenvalue weighted by atomic mass is 10.1. The van der Waals surface area contributed by atoms with Gasteiger partial charge in [0.25, 0.3) is 0 Å². The average Bonchev–Trinajstić information content (AvgIpc) is 2.36. The van der Waals surface area contributed by atoms with Gasteiger partial charge in [-0.15, -0.1) is 0 Å². The topological polar surface area (TPSA) is 46.5 Å². The molecule has 0 saturated carbocycles. The molecular formula is C14H18Cl2O3. The van der Waals surface area contributed by atoms with Crippen molar-refractivity contribution < 1.29 is 14.6 Å². The summed E-state index contributed by atoms with van der Waals surface area (Å²) >= 11 is 11.8. The fourth-order valence-electron chi connectivity index (χ4n) is 1.58. The molecule has 1 unspecified atom stereocenters. The van der Waals surface area contributed by atoms with Crippen LogP contribution in [-0.2, 0) is 9.53 Å². The van der Waals surface area contributed by atoms with Gasteiger partial charge in [-0.2, -0.15) is 0 Å². The Bertz CT molecular complexity index is 421. The Morgan fingerprint density at radius 3 is 2.79 bits per heavy atom. The summed E-state index contributed by atoms with van der Waals surface area (Å²) in [6.07, 6.45) is 1.51. The van der Waals surface area contributed by atoms with Crippen LogP contribution < -0.4 is 0 Å². The average molecular weight is 305 g/mol. The van der Waals surface area contributed by atoms with E-state index < -0.39 is 6.10 Å². The lowest BCUT2D eigenvalue weighted by Gasteiger charge is -2.12. The summed E-state index contributed by atoms with van der Waals surface area (Å²) in [6.45, 7) is 2.47. The maximum atomic E-state index is 11.4. The first kappa shape index (κ1) is 16.3. The lowest BCUT2D eigenvalue weighted by Crippen LogP contribution is -2.08. The largest absolute Gasteiger partial charge is 0.466 e. The highest BCUT2D eigenvalue weighted by atomic mass is 35.5. The van der Waals surface area contributed by atoms with Gasteiger partial charge >= 0.3 is 5.97 Å². The zero-order chi connectivity index (χ0) is 14.3. The second-order valence-electron chi connectivity index (χ2n) is 4.29. The van der Waals surface area contributed by atoms with Crippen molar-refractivity contribution in [3.8, 4) is 0 Å². The normalized spacial score (nSPS) is 12.2. The van der Waals surface area contributed by atoms with Gasteiger partial charge in [-0.3, -0.25) is 4.79 Å². The summed E-state index contributed by atoms with van der Waals surface area (Å²) in [5, 5.41) is 10.9. The van der Waals surface area contributed by atoms with Gasteiger partial charge in [-0.1, -0.05) is 42.6 Å². The number of hydrogen-bond donors (Lipinski definition) is 1. The highest BCUT2D eigenvalue weighted by molar-refractivity contribution is 6.35. The lowest BCUT2D eigenvalue weighted by molar-refractivity contribution is -0.144. The van der Waals surface area contributed by atoms with Gasteiger partial charge in [0, 0.05) is 16.5 Å². The van der Waals surface area contributed by atoms with Crippen LogP contribution in [0, 0.1) is 0 Å². The van der Waals surface area contributed by atoms with E-state index in [1.807, 2.05) is 6.92 Å². The first-order valence-corrected chi connectivity index (χ1v) is 7.08. The molecule has 0 aliphatic rings. The smallest absolute Gasteiger partial charge is 0.305 e. The summed E-state index contributed by atoms with van der Waals surface area (Å²) in [6, 6.07) is 4.89. The van der Waals surface area contributed by atoms with E-state index in [0.29, 0.717) is 22.2 Å². The van der Waals surface area contributed by atoms with Crippen molar-refractivity contribution in [2.75, 3.05) is 6.61 Å². The predicted octanol–water partition coefficient (Wildman–Crippen LogP) is 4.15. The van der Waals surface area contributed by atoms with E-state index in [2.05, 4.69) is 0 Å². The summed E-state index contributed by atoms with van der Waals surface area (Å²) in [7, 11) is 0. The molecule has 0 aliphatic heterocycles. The van der Waals surface area contributed by atoms with Crippen LogP contribution in [0.4, 0.5) is 0 Å². The van der Waals surface area contributed by atoms with Crippen LogP contribution >= 0.6 is 23.2 Å². The van der Waals surface area contributed by atoms with Crippen molar-refractivity contribution in [1.29, 1.82) is 0 Å². The molecular weight excluding hydrogens is 287 g/mol. The molecule has 0 fully saturated rings. The van der Waals surface area contributed by atoms with Crippen LogP contribution in [0.1, 0.15) is 44.3 Å². The molecule has 0 amide bonds. The predicted molar refractivity (Wildman–Crippen MR) is 76.5 cm³/mol. The summed E-state index contributed by atoms with van der Waals surface area (Å²) < 4.78 is 5.01. The molecule has 0 aromatic heterocycles. The van der Waals surface area contributed by atoms with Gasteiger partial charge in [-0.05, 0) is 30.5 Å². The Labute approximate surface area is 123 Å². The third-order valence-corrected chi connectivity index (χ3v) is 3.27. The Morgan fingerprint density at radius 2 is 2.16 bits per heavy atom. The molecule has 0 spiro atoms. The van der Waals surface area contributed by atoms with Gasteiger partial charge in [-0.25, -0.2) is 0 Å². The van der Waals surface area contributed by atoms with Crippen molar-refractivity contribution >= 4 is 29.2 Å². The Hall–Kier alpha value is -0.770. The highest BCUT2D eigenvalue weighted by Crippen LogP contribution is 2.28. The molecule has 0 saturated heterocycles. The van der Waals surface area contributed by atoms with Crippen molar-refractivity contribution in [2.45, 2.75) is 38.7 Å². The van der Waals surface area contributed by atoms with E-state index in [1.165, 1.54) is 0 Å². The molecule has 1 N–H and O–H groups in total. The van der Waals surface area contributed by atoms with Crippen molar-refractivity contribution in [3.63, 3.8) is 0 Å². The second kappa shape index (κ2) is 8.41. The molecule has 0 bridgehead atoms. The van der Waals surface area contributed by atoms with Gasteiger partial charge in [0.05, 0.1) is 12.7 Å². The number of benzene rings is 1. The van der Waals surface area contributed by atoms with E-state index in [4.69, 9.17) is 27.9 Å². The maximum Gasteiger partial charge on any atom is 0.305 e. The fourth-order valence-corrected chi connectivity index (χ4v) is 2.12. The van der Waals surface area contributed by atoms with Crippen LogP contribution in [0.2, 0.25) is 10.0 Å². The van der Waals surface area contributed by atoms with Crippen LogP contribution in [0.15, 0.2) is 18.2 Å². The number of aliphatic hydroxyl groups is 1. The number of carbonyl (C=O) groups is 1. The second-order valence-corrected chi connectivity index (χ2v) is 5.14. The summed E-state index contributed by atoms with van der Waals surface area (Å²) in [5.41, 5.74) is 0.576. The minimum atomic E-state index is -0.788. The van der Waals surface area contributed by atoms with Gasteiger partial charge in [0.2, 0.25) is 0 Å². The van der Waals surface area contributed by atoms with Crippen LogP contribution in [0.3, 0.4) is 0 Å². The van der Waals surface area contributed by atoms with E-state index >= 15 is 0 Å². The zero-order valence-electron chi connectivity index (χ0n) is 10.9. The van der Waals surface area contributed by atoms with E-state index in [9.17, 15) is 9.90 Å². The van der Waals surface area contributed by atoms with E-state index in [1.54, 1.807) is 18.2 Å². The van der Waals surface area contributed by atoms with E-state index in [0.717, 1.165) is 12.8 Å². The van der Waals surface area contributed by atoms with Crippen LogP contribution in [0.5, 0.6) is 0 Å². The minimum absolute atomic E-state index is 0.170. The van der Waals surface area contributed by atoms with Gasteiger partial charge in [0.15, 0.2) is 0 Å². The standard InChI is InChI=1S/C14H18Cl2O3/c1-2-3-8-19-14(18)7-6-13(17)11-5-4-10(15)9-12(11)16/h4-5,9,13,17H,2-3,6-8H2,1H3. The number of esters is 1. The molecule has 106 valence electrons. The molecule has 1 atom stereocenters. The maximum absolute atomic E-state index is 11.4. The molecule has 1 aromatic rings. The van der Waals surface area contributed by atoms with E-state index in [-0.39, 0.29) is 18.8 Å². The number of ether oxygens (including phenoxy) is 1. The monoisotopic (exact) mass is 304 g/mol. The highest BCUT2D eigenvalue weighted by Gasteiger charge is 2.14. The zero-order valence-corrected chi connectivity index (χ0v) is 12.4.